The minimum atomic E-state index is -0.239. The molecule has 3 aromatic carbocycles. The number of hydrogen-bond acceptors (Lipinski definition) is 3. The average molecular weight is 468 g/mol. The summed E-state index contributed by atoms with van der Waals surface area (Å²) in [6.07, 6.45) is 0.571. The molecule has 0 fully saturated rings. The first-order valence-corrected chi connectivity index (χ1v) is 11.0. The Balaban J connectivity index is 1.56. The molecule has 32 heavy (non-hydrogen) atoms. The Bertz CT molecular complexity index is 1250. The fourth-order valence-electron chi connectivity index (χ4n) is 3.67. The summed E-state index contributed by atoms with van der Waals surface area (Å²) in [6.45, 7) is 2.63. The third-order valence-electron chi connectivity index (χ3n) is 5.28. The molecule has 1 unspecified atom stereocenters. The molecule has 0 aliphatic heterocycles. The second-order valence-corrected chi connectivity index (χ2v) is 8.50. The Labute approximate surface area is 196 Å². The van der Waals surface area contributed by atoms with Gasteiger partial charge in [-0.2, -0.15) is 0 Å². The van der Waals surface area contributed by atoms with E-state index in [9.17, 15) is 4.79 Å². The predicted octanol–water partition coefficient (Wildman–Crippen LogP) is 5.76. The number of aromatic nitrogens is 2. The standard InChI is InChI=1S/C25H23Cl2N3O2/c1-16(28-25(31)20-12-9-18(26)14-21(20)27)13-24-29-22-5-3-4-6-23(22)30(24)15-17-7-10-19(32-2)11-8-17/h3-12,14,16H,13,15H2,1-2H3,(H,28,31). The molecular formula is C25H23Cl2N3O2. The van der Waals surface area contributed by atoms with Crippen LogP contribution in [-0.2, 0) is 13.0 Å². The van der Waals surface area contributed by atoms with Crippen LogP contribution in [0.15, 0.2) is 66.7 Å². The molecule has 0 aliphatic rings. The molecule has 4 rings (SSSR count). The summed E-state index contributed by atoms with van der Waals surface area (Å²) in [5, 5.41) is 3.84. The number of methoxy groups -OCH3 is 1. The molecule has 1 atom stereocenters. The van der Waals surface area contributed by atoms with Gasteiger partial charge in [-0.3, -0.25) is 4.79 Å². The van der Waals surface area contributed by atoms with Gasteiger partial charge in [-0.1, -0.05) is 47.5 Å². The highest BCUT2D eigenvalue weighted by atomic mass is 35.5. The van der Waals surface area contributed by atoms with Gasteiger partial charge in [0, 0.05) is 24.0 Å². The molecule has 0 radical (unpaired) electrons. The summed E-state index contributed by atoms with van der Waals surface area (Å²) in [5.74, 6) is 1.48. The van der Waals surface area contributed by atoms with E-state index in [4.69, 9.17) is 32.9 Å². The summed E-state index contributed by atoms with van der Waals surface area (Å²) in [4.78, 5) is 17.5. The van der Waals surface area contributed by atoms with Gasteiger partial charge in [-0.15, -0.1) is 0 Å². The molecule has 0 saturated heterocycles. The van der Waals surface area contributed by atoms with Crippen molar-refractivity contribution in [2.75, 3.05) is 7.11 Å². The molecule has 0 saturated carbocycles. The van der Waals surface area contributed by atoms with Crippen molar-refractivity contribution in [2.24, 2.45) is 0 Å². The van der Waals surface area contributed by atoms with E-state index < -0.39 is 0 Å². The average Bonchev–Trinajstić information content (AvgIpc) is 3.11. The SMILES string of the molecule is COc1ccc(Cn2c(CC(C)NC(=O)c3ccc(Cl)cc3Cl)nc3ccccc32)cc1. The van der Waals surface area contributed by atoms with Crippen LogP contribution in [0.1, 0.15) is 28.7 Å². The number of imidazole rings is 1. The van der Waals surface area contributed by atoms with E-state index in [1.54, 1.807) is 25.3 Å². The number of ether oxygens (including phenoxy) is 1. The molecule has 1 aromatic heterocycles. The fraction of sp³-hybridized carbons (Fsp3) is 0.200. The molecule has 4 aromatic rings. The van der Waals surface area contributed by atoms with Crippen molar-refractivity contribution in [3.63, 3.8) is 0 Å². The Kier molecular flexibility index (Phi) is 6.68. The number of rotatable bonds is 7. The quantitative estimate of drug-likeness (QED) is 0.375. The largest absolute Gasteiger partial charge is 0.497 e. The van der Waals surface area contributed by atoms with Gasteiger partial charge < -0.3 is 14.6 Å². The van der Waals surface area contributed by atoms with Crippen LogP contribution in [0.3, 0.4) is 0 Å². The van der Waals surface area contributed by atoms with E-state index in [-0.39, 0.29) is 11.9 Å². The molecule has 1 heterocycles. The highest BCUT2D eigenvalue weighted by molar-refractivity contribution is 6.36. The summed E-state index contributed by atoms with van der Waals surface area (Å²) >= 11 is 12.1. The maximum atomic E-state index is 12.7. The topological polar surface area (TPSA) is 56.1 Å². The maximum absolute atomic E-state index is 12.7. The van der Waals surface area contributed by atoms with Crippen LogP contribution in [0.25, 0.3) is 11.0 Å². The van der Waals surface area contributed by atoms with Gasteiger partial charge in [0.05, 0.1) is 28.7 Å². The maximum Gasteiger partial charge on any atom is 0.253 e. The van der Waals surface area contributed by atoms with Crippen molar-refractivity contribution in [2.45, 2.75) is 25.9 Å². The van der Waals surface area contributed by atoms with Crippen LogP contribution in [0.2, 0.25) is 10.0 Å². The number of nitrogens with zero attached hydrogens (tertiary/aromatic N) is 2. The second-order valence-electron chi connectivity index (χ2n) is 7.65. The Hall–Kier alpha value is -3.02. The molecule has 7 heteroatoms. The van der Waals surface area contributed by atoms with Crippen LogP contribution in [0.4, 0.5) is 0 Å². The monoisotopic (exact) mass is 467 g/mol. The summed E-state index contributed by atoms with van der Waals surface area (Å²) in [5.41, 5.74) is 3.52. The highest BCUT2D eigenvalue weighted by Crippen LogP contribution is 2.22. The highest BCUT2D eigenvalue weighted by Gasteiger charge is 2.17. The van der Waals surface area contributed by atoms with Gasteiger partial charge in [0.25, 0.3) is 5.91 Å². The minimum absolute atomic E-state index is 0.152. The molecule has 1 amide bonds. The normalized spacial score (nSPS) is 12.0. The lowest BCUT2D eigenvalue weighted by Gasteiger charge is -2.16. The zero-order valence-electron chi connectivity index (χ0n) is 17.8. The summed E-state index contributed by atoms with van der Waals surface area (Å²) < 4.78 is 7.45. The van der Waals surface area contributed by atoms with E-state index >= 15 is 0 Å². The van der Waals surface area contributed by atoms with Gasteiger partial charge in [-0.05, 0) is 55.0 Å². The minimum Gasteiger partial charge on any atom is -0.497 e. The first-order valence-electron chi connectivity index (χ1n) is 10.3. The van der Waals surface area contributed by atoms with Crippen LogP contribution >= 0.6 is 23.2 Å². The number of halogens is 2. The first-order chi connectivity index (χ1) is 15.4. The molecule has 0 aliphatic carbocycles. The number of amides is 1. The number of para-hydroxylation sites is 2. The van der Waals surface area contributed by atoms with Crippen LogP contribution < -0.4 is 10.1 Å². The molecule has 0 spiro atoms. The lowest BCUT2D eigenvalue weighted by Crippen LogP contribution is -2.35. The van der Waals surface area contributed by atoms with Crippen LogP contribution in [0.5, 0.6) is 5.75 Å². The Morgan fingerprint density at radius 3 is 2.56 bits per heavy atom. The number of hydrogen-bond donors (Lipinski definition) is 1. The molecule has 0 bridgehead atoms. The van der Waals surface area contributed by atoms with Crippen molar-refractivity contribution >= 4 is 40.1 Å². The van der Waals surface area contributed by atoms with E-state index in [0.717, 1.165) is 28.2 Å². The molecular weight excluding hydrogens is 445 g/mol. The van der Waals surface area contributed by atoms with Crippen molar-refractivity contribution < 1.29 is 9.53 Å². The number of carbonyl (C=O) groups is 1. The van der Waals surface area contributed by atoms with Crippen LogP contribution in [0, 0.1) is 0 Å². The van der Waals surface area contributed by atoms with E-state index in [1.165, 1.54) is 0 Å². The van der Waals surface area contributed by atoms with Crippen molar-refractivity contribution in [3.05, 3.63) is 93.7 Å². The van der Waals surface area contributed by atoms with Crippen molar-refractivity contribution in [3.8, 4) is 5.75 Å². The zero-order valence-corrected chi connectivity index (χ0v) is 19.3. The first kappa shape index (κ1) is 22.2. The smallest absolute Gasteiger partial charge is 0.253 e. The Morgan fingerprint density at radius 1 is 1.09 bits per heavy atom. The lowest BCUT2D eigenvalue weighted by atomic mass is 10.1. The number of benzene rings is 3. The van der Waals surface area contributed by atoms with Gasteiger partial charge in [0.2, 0.25) is 0 Å². The number of nitrogens with one attached hydrogen (secondary N) is 1. The summed E-state index contributed by atoms with van der Waals surface area (Å²) in [7, 11) is 1.66. The lowest BCUT2D eigenvalue weighted by molar-refractivity contribution is 0.0940. The fourth-order valence-corrected chi connectivity index (χ4v) is 4.17. The van der Waals surface area contributed by atoms with Crippen LogP contribution in [-0.4, -0.2) is 28.6 Å². The third-order valence-corrected chi connectivity index (χ3v) is 5.82. The van der Waals surface area contributed by atoms with E-state index in [2.05, 4.69) is 16.0 Å². The number of carbonyl (C=O) groups excluding carboxylic acids is 1. The predicted molar refractivity (Wildman–Crippen MR) is 129 cm³/mol. The Morgan fingerprint density at radius 2 is 1.84 bits per heavy atom. The number of fused-ring (bicyclic) bond motifs is 1. The summed E-state index contributed by atoms with van der Waals surface area (Å²) in [6, 6.07) is 20.7. The third kappa shape index (κ3) is 4.90. The second kappa shape index (κ2) is 9.63. The molecule has 1 N–H and O–H groups in total. The van der Waals surface area contributed by atoms with Gasteiger partial charge >= 0.3 is 0 Å². The van der Waals surface area contributed by atoms with Gasteiger partial charge in [0.15, 0.2) is 0 Å². The van der Waals surface area contributed by atoms with Crippen molar-refractivity contribution in [1.29, 1.82) is 0 Å². The zero-order chi connectivity index (χ0) is 22.7. The van der Waals surface area contributed by atoms with Gasteiger partial charge in [-0.25, -0.2) is 4.98 Å². The van der Waals surface area contributed by atoms with E-state index in [0.29, 0.717) is 28.6 Å². The molecule has 164 valence electrons. The van der Waals surface area contributed by atoms with Crippen molar-refractivity contribution in [1.82, 2.24) is 14.9 Å². The molecule has 5 nitrogen and oxygen atoms in total. The van der Waals surface area contributed by atoms with E-state index in [1.807, 2.05) is 49.4 Å². The van der Waals surface area contributed by atoms with Gasteiger partial charge in [0.1, 0.15) is 11.6 Å².